The number of hydrogen-bond acceptors (Lipinski definition) is 6. The molecule has 1 N–H and O–H groups in total. The number of allylic oxidation sites excluding steroid dienone is 1. The monoisotopic (exact) mass is 299 g/mol. The standard InChI is InChI=1S/C13H21N3O5/c1-4-5-6-7-19-13-10(15-16-14)12(21-9(3)17)11(18)8(2)20-13/h4,8,10-13,18H,1,5-7H2,2-3H3/t8-,10-,11+,12-,13+/m0/s1. The third-order valence-corrected chi connectivity index (χ3v) is 3.10. The lowest BCUT2D eigenvalue weighted by atomic mass is 9.98. The number of azide groups is 1. The van der Waals surface area contributed by atoms with E-state index < -0.39 is 36.6 Å². The second-order valence-electron chi connectivity index (χ2n) is 4.77. The number of aliphatic hydroxyl groups excluding tert-OH is 1. The van der Waals surface area contributed by atoms with Crippen LogP contribution in [0.4, 0.5) is 0 Å². The zero-order valence-electron chi connectivity index (χ0n) is 12.2. The molecule has 0 amide bonds. The maximum atomic E-state index is 11.2. The highest BCUT2D eigenvalue weighted by molar-refractivity contribution is 5.66. The third kappa shape index (κ3) is 5.02. The summed E-state index contributed by atoms with van der Waals surface area (Å²) >= 11 is 0. The Balaban J connectivity index is 2.81. The third-order valence-electron chi connectivity index (χ3n) is 3.10. The number of hydrogen-bond donors (Lipinski definition) is 1. The molecule has 1 fully saturated rings. The van der Waals surface area contributed by atoms with E-state index in [-0.39, 0.29) is 0 Å². The minimum atomic E-state index is -1.09. The molecular formula is C13H21N3O5. The fourth-order valence-electron chi connectivity index (χ4n) is 2.07. The van der Waals surface area contributed by atoms with Crippen molar-refractivity contribution in [3.05, 3.63) is 23.1 Å². The van der Waals surface area contributed by atoms with Gasteiger partial charge < -0.3 is 19.3 Å². The Hall–Kier alpha value is -1.60. The Labute approximate surface area is 123 Å². The van der Waals surface area contributed by atoms with E-state index in [0.29, 0.717) is 6.61 Å². The van der Waals surface area contributed by atoms with Crippen LogP contribution in [0.3, 0.4) is 0 Å². The van der Waals surface area contributed by atoms with Crippen molar-refractivity contribution in [2.75, 3.05) is 6.61 Å². The summed E-state index contributed by atoms with van der Waals surface area (Å²) in [5.41, 5.74) is 8.66. The van der Waals surface area contributed by atoms with Gasteiger partial charge in [-0.25, -0.2) is 0 Å². The van der Waals surface area contributed by atoms with E-state index in [9.17, 15) is 9.90 Å². The van der Waals surface area contributed by atoms with Gasteiger partial charge in [0.05, 0.1) is 12.7 Å². The summed E-state index contributed by atoms with van der Waals surface area (Å²) in [5.74, 6) is -0.573. The SMILES string of the molecule is C=CCCCO[C@@H]1O[C@@H](C)[C@@H](O)[C@@H](OC(C)=O)[C@@H]1N=[N+]=[N-]. The van der Waals surface area contributed by atoms with Gasteiger partial charge in [-0.05, 0) is 25.3 Å². The number of carbonyl (C=O) groups is 1. The van der Waals surface area contributed by atoms with Crippen LogP contribution >= 0.6 is 0 Å². The fraction of sp³-hybridized carbons (Fsp3) is 0.769. The number of nitrogens with zero attached hydrogens (tertiary/aromatic N) is 3. The molecule has 8 nitrogen and oxygen atoms in total. The van der Waals surface area contributed by atoms with Crippen LogP contribution in [-0.2, 0) is 19.0 Å². The first-order valence-corrected chi connectivity index (χ1v) is 6.78. The summed E-state index contributed by atoms with van der Waals surface area (Å²) in [6.45, 7) is 6.85. The van der Waals surface area contributed by atoms with Crippen molar-refractivity contribution in [3.8, 4) is 0 Å². The molecule has 0 aromatic rings. The van der Waals surface area contributed by atoms with Crippen molar-refractivity contribution in [1.29, 1.82) is 0 Å². The maximum absolute atomic E-state index is 11.2. The van der Waals surface area contributed by atoms with Gasteiger partial charge in [-0.2, -0.15) is 0 Å². The molecule has 0 saturated carbocycles. The highest BCUT2D eigenvalue weighted by atomic mass is 16.7. The van der Waals surface area contributed by atoms with Crippen molar-refractivity contribution >= 4 is 5.97 Å². The van der Waals surface area contributed by atoms with Crippen molar-refractivity contribution < 1.29 is 24.1 Å². The van der Waals surface area contributed by atoms with Crippen molar-refractivity contribution in [3.63, 3.8) is 0 Å². The molecule has 21 heavy (non-hydrogen) atoms. The predicted octanol–water partition coefficient (Wildman–Crippen LogP) is 1.69. The number of unbranched alkanes of at least 4 members (excludes halogenated alkanes) is 1. The van der Waals surface area contributed by atoms with Crippen LogP contribution in [0.5, 0.6) is 0 Å². The molecule has 1 heterocycles. The van der Waals surface area contributed by atoms with E-state index in [0.717, 1.165) is 12.8 Å². The van der Waals surface area contributed by atoms with Gasteiger partial charge in [-0.3, -0.25) is 4.79 Å². The van der Waals surface area contributed by atoms with E-state index in [1.165, 1.54) is 6.92 Å². The first-order chi connectivity index (χ1) is 10.0. The van der Waals surface area contributed by atoms with Crippen molar-refractivity contribution in [2.24, 2.45) is 5.11 Å². The molecule has 1 saturated heterocycles. The summed E-state index contributed by atoms with van der Waals surface area (Å²) in [5, 5.41) is 13.6. The highest BCUT2D eigenvalue weighted by Crippen LogP contribution is 2.27. The van der Waals surface area contributed by atoms with Gasteiger partial charge in [0.2, 0.25) is 0 Å². The van der Waals surface area contributed by atoms with Gasteiger partial charge in [-0.15, -0.1) is 6.58 Å². The van der Waals surface area contributed by atoms with E-state index in [2.05, 4.69) is 16.6 Å². The van der Waals surface area contributed by atoms with Crippen LogP contribution in [0.1, 0.15) is 26.7 Å². The number of carbonyl (C=O) groups excluding carboxylic acids is 1. The summed E-state index contributed by atoms with van der Waals surface area (Å²) in [6, 6.07) is -0.936. The highest BCUT2D eigenvalue weighted by Gasteiger charge is 2.45. The van der Waals surface area contributed by atoms with Crippen LogP contribution in [0, 0.1) is 0 Å². The molecule has 8 heteroatoms. The smallest absolute Gasteiger partial charge is 0.303 e. The Bertz CT molecular complexity index is 411. The topological polar surface area (TPSA) is 114 Å². The van der Waals surface area contributed by atoms with Crippen LogP contribution in [-0.4, -0.2) is 48.3 Å². The predicted molar refractivity (Wildman–Crippen MR) is 74.2 cm³/mol. The maximum Gasteiger partial charge on any atom is 0.303 e. The van der Waals surface area contributed by atoms with Gasteiger partial charge in [0.1, 0.15) is 18.2 Å². The molecule has 1 aliphatic heterocycles. The molecule has 0 bridgehead atoms. The summed E-state index contributed by atoms with van der Waals surface area (Å²) in [6.07, 6.45) is -0.267. The zero-order chi connectivity index (χ0) is 15.8. The first-order valence-electron chi connectivity index (χ1n) is 6.78. The van der Waals surface area contributed by atoms with E-state index >= 15 is 0 Å². The molecule has 1 aliphatic rings. The van der Waals surface area contributed by atoms with Gasteiger partial charge >= 0.3 is 5.97 Å². The molecule has 0 aromatic carbocycles. The molecular weight excluding hydrogens is 278 g/mol. The number of ether oxygens (including phenoxy) is 3. The second kappa shape index (κ2) is 8.63. The van der Waals surface area contributed by atoms with Crippen LogP contribution in [0.25, 0.3) is 10.4 Å². The second-order valence-corrected chi connectivity index (χ2v) is 4.77. The lowest BCUT2D eigenvalue weighted by Crippen LogP contribution is -2.58. The zero-order valence-corrected chi connectivity index (χ0v) is 12.2. The lowest BCUT2D eigenvalue weighted by Gasteiger charge is -2.41. The number of esters is 1. The lowest BCUT2D eigenvalue weighted by molar-refractivity contribution is -0.259. The van der Waals surface area contributed by atoms with Gasteiger partial charge in [0.25, 0.3) is 0 Å². The summed E-state index contributed by atoms with van der Waals surface area (Å²) in [7, 11) is 0. The molecule has 0 aliphatic carbocycles. The van der Waals surface area contributed by atoms with E-state index in [1.54, 1.807) is 13.0 Å². The van der Waals surface area contributed by atoms with Gasteiger partial charge in [-0.1, -0.05) is 11.2 Å². The largest absolute Gasteiger partial charge is 0.459 e. The minimum absolute atomic E-state index is 0.379. The Kier molecular flexibility index (Phi) is 7.18. The summed E-state index contributed by atoms with van der Waals surface area (Å²) < 4.78 is 16.1. The Morgan fingerprint density at radius 3 is 2.90 bits per heavy atom. The molecule has 118 valence electrons. The molecule has 5 atom stereocenters. The molecule has 0 unspecified atom stereocenters. The van der Waals surface area contributed by atoms with Gasteiger partial charge in [0, 0.05) is 11.8 Å². The average Bonchev–Trinajstić information content (AvgIpc) is 2.43. The fourth-order valence-corrected chi connectivity index (χ4v) is 2.07. The summed E-state index contributed by atoms with van der Waals surface area (Å²) in [4.78, 5) is 13.9. The quantitative estimate of drug-likeness (QED) is 0.192. The van der Waals surface area contributed by atoms with E-state index in [1.807, 2.05) is 0 Å². The average molecular weight is 299 g/mol. The van der Waals surface area contributed by atoms with Gasteiger partial charge in [0.15, 0.2) is 6.29 Å². The minimum Gasteiger partial charge on any atom is -0.459 e. The first kappa shape index (κ1) is 17.5. The van der Waals surface area contributed by atoms with Crippen LogP contribution < -0.4 is 0 Å². The van der Waals surface area contributed by atoms with E-state index in [4.69, 9.17) is 19.7 Å². The van der Waals surface area contributed by atoms with Crippen molar-refractivity contribution in [2.45, 2.75) is 57.3 Å². The molecule has 0 spiro atoms. The molecule has 0 radical (unpaired) electrons. The Morgan fingerprint density at radius 1 is 1.62 bits per heavy atom. The van der Waals surface area contributed by atoms with Crippen molar-refractivity contribution in [1.82, 2.24) is 0 Å². The Morgan fingerprint density at radius 2 is 2.33 bits per heavy atom. The molecule has 0 aromatic heterocycles. The molecule has 1 rings (SSSR count). The number of rotatable bonds is 7. The van der Waals surface area contributed by atoms with Crippen LogP contribution in [0.15, 0.2) is 17.8 Å². The van der Waals surface area contributed by atoms with Crippen LogP contribution in [0.2, 0.25) is 0 Å². The normalized spacial score (nSPS) is 32.0. The number of aliphatic hydroxyl groups is 1.